The maximum absolute atomic E-state index is 12.5. The van der Waals surface area contributed by atoms with Crippen LogP contribution in [-0.4, -0.2) is 37.0 Å². The van der Waals surface area contributed by atoms with Crippen molar-refractivity contribution in [2.24, 2.45) is 0 Å². The van der Waals surface area contributed by atoms with Crippen LogP contribution < -0.4 is 10.6 Å². The molecule has 200 valence electrons. The van der Waals surface area contributed by atoms with E-state index in [1.807, 2.05) is 24.3 Å². The molecule has 40 heavy (non-hydrogen) atoms. The Bertz CT molecular complexity index is 1770. The predicted octanol–water partition coefficient (Wildman–Crippen LogP) is 4.77. The van der Waals surface area contributed by atoms with Gasteiger partial charge in [0.1, 0.15) is 0 Å². The van der Waals surface area contributed by atoms with Crippen LogP contribution in [0.1, 0.15) is 35.3 Å². The minimum atomic E-state index is -3.54. The van der Waals surface area contributed by atoms with Crippen LogP contribution in [0.5, 0.6) is 0 Å². The van der Waals surface area contributed by atoms with Crippen molar-refractivity contribution >= 4 is 38.1 Å². The molecule has 4 aromatic rings. The first-order chi connectivity index (χ1) is 19.1. The van der Waals surface area contributed by atoms with Gasteiger partial charge in [-0.2, -0.15) is 10.5 Å². The highest BCUT2D eigenvalue weighted by atomic mass is 32.2. The first kappa shape index (κ1) is 28.2. The Labute approximate surface area is 235 Å². The summed E-state index contributed by atoms with van der Waals surface area (Å²) >= 11 is 1.22. The number of aromatic nitrogens is 1. The molecule has 0 atom stereocenters. The van der Waals surface area contributed by atoms with Crippen molar-refractivity contribution in [2.45, 2.75) is 24.0 Å². The quantitative estimate of drug-likeness (QED) is 0.310. The van der Waals surface area contributed by atoms with Gasteiger partial charge in [-0.1, -0.05) is 24.3 Å². The molecule has 0 radical (unpaired) electrons. The van der Waals surface area contributed by atoms with Crippen LogP contribution in [0, 0.1) is 22.7 Å². The van der Waals surface area contributed by atoms with E-state index in [1.54, 1.807) is 31.4 Å². The van der Waals surface area contributed by atoms with Gasteiger partial charge in [0.15, 0.2) is 15.0 Å². The number of carbonyl (C=O) groups is 2. The fourth-order valence-electron chi connectivity index (χ4n) is 3.76. The number of nitrogens with one attached hydrogen (secondary N) is 2. The highest BCUT2D eigenvalue weighted by Crippen LogP contribution is 2.30. The summed E-state index contributed by atoms with van der Waals surface area (Å²) in [5.41, 5.74) is 3.83. The van der Waals surface area contributed by atoms with E-state index in [9.17, 15) is 28.5 Å². The van der Waals surface area contributed by atoms with Gasteiger partial charge < -0.3 is 10.6 Å². The number of benzene rings is 3. The standard InChI is InChI=1S/C29H23N5O4S2/c1-18(2)40(37,38)25-8-4-7-23(13-25)28(36)32-16-27(35)34-29-33-26(17-39-29)22-6-3-5-21(12-22)24-10-19(14-30)9-20(11-24)15-31/h3-13,17-18H,16H2,1-2H3,(H,32,36)(H,33,34,35). The Morgan fingerprint density at radius 2 is 1.60 bits per heavy atom. The van der Waals surface area contributed by atoms with E-state index in [4.69, 9.17) is 0 Å². The highest BCUT2D eigenvalue weighted by Gasteiger charge is 2.20. The molecule has 0 unspecified atom stereocenters. The lowest BCUT2D eigenvalue weighted by Gasteiger charge is -2.10. The monoisotopic (exact) mass is 569 g/mol. The number of hydrogen-bond donors (Lipinski definition) is 2. The van der Waals surface area contributed by atoms with Crippen LogP contribution in [0.25, 0.3) is 22.4 Å². The van der Waals surface area contributed by atoms with Crippen molar-refractivity contribution in [3.8, 4) is 34.5 Å². The SMILES string of the molecule is CC(C)S(=O)(=O)c1cccc(C(=O)NCC(=O)Nc2nc(-c3cccc(-c4cc(C#N)cc(C#N)c4)c3)cs2)c1. The van der Waals surface area contributed by atoms with Crippen molar-refractivity contribution in [2.75, 3.05) is 11.9 Å². The van der Waals surface area contributed by atoms with E-state index in [2.05, 4.69) is 27.8 Å². The summed E-state index contributed by atoms with van der Waals surface area (Å²) in [5.74, 6) is -1.07. The van der Waals surface area contributed by atoms with E-state index in [-0.39, 0.29) is 17.0 Å². The molecule has 1 heterocycles. The number of nitriles is 2. The minimum Gasteiger partial charge on any atom is -0.343 e. The zero-order valence-corrected chi connectivity index (χ0v) is 23.1. The summed E-state index contributed by atoms with van der Waals surface area (Å²) in [5, 5.41) is 25.2. The molecule has 0 bridgehead atoms. The van der Waals surface area contributed by atoms with Gasteiger partial charge in [0.05, 0.1) is 45.6 Å². The zero-order chi connectivity index (χ0) is 28.9. The minimum absolute atomic E-state index is 0.0438. The third kappa shape index (κ3) is 6.41. The number of amides is 2. The molecule has 0 aliphatic rings. The normalized spacial score (nSPS) is 10.9. The maximum atomic E-state index is 12.5. The zero-order valence-electron chi connectivity index (χ0n) is 21.5. The summed E-state index contributed by atoms with van der Waals surface area (Å²) in [4.78, 5) is 29.5. The van der Waals surface area contributed by atoms with Crippen molar-refractivity contribution < 1.29 is 18.0 Å². The Morgan fingerprint density at radius 1 is 0.925 bits per heavy atom. The molecule has 0 saturated carbocycles. The topological polar surface area (TPSA) is 153 Å². The van der Waals surface area contributed by atoms with Crippen molar-refractivity contribution in [1.29, 1.82) is 10.5 Å². The van der Waals surface area contributed by atoms with Crippen molar-refractivity contribution in [3.63, 3.8) is 0 Å². The fourth-order valence-corrected chi connectivity index (χ4v) is 5.60. The summed E-state index contributed by atoms with van der Waals surface area (Å²) in [6.07, 6.45) is 0. The van der Waals surface area contributed by atoms with E-state index >= 15 is 0 Å². The van der Waals surface area contributed by atoms with Crippen LogP contribution >= 0.6 is 11.3 Å². The second-order valence-corrected chi connectivity index (χ2v) is 12.4. The molecule has 0 saturated heterocycles. The molecule has 0 spiro atoms. The molecule has 1 aromatic heterocycles. The Kier molecular flexibility index (Phi) is 8.39. The van der Waals surface area contributed by atoms with E-state index < -0.39 is 26.9 Å². The Hall–Kier alpha value is -4.84. The number of hydrogen-bond acceptors (Lipinski definition) is 8. The second-order valence-electron chi connectivity index (χ2n) is 8.99. The highest BCUT2D eigenvalue weighted by molar-refractivity contribution is 7.92. The molecule has 3 aromatic carbocycles. The molecule has 0 aliphatic heterocycles. The number of carbonyl (C=O) groups excluding carboxylic acids is 2. The van der Waals surface area contributed by atoms with Gasteiger partial charge >= 0.3 is 0 Å². The summed E-state index contributed by atoms with van der Waals surface area (Å²) in [6, 6.07) is 22.2. The van der Waals surface area contributed by atoms with Crippen molar-refractivity contribution in [3.05, 3.63) is 88.8 Å². The lowest BCUT2D eigenvalue weighted by atomic mass is 9.98. The lowest BCUT2D eigenvalue weighted by molar-refractivity contribution is -0.115. The van der Waals surface area contributed by atoms with Gasteiger partial charge in [-0.05, 0) is 67.4 Å². The van der Waals surface area contributed by atoms with Gasteiger partial charge in [-0.15, -0.1) is 11.3 Å². The van der Waals surface area contributed by atoms with Gasteiger partial charge in [-0.25, -0.2) is 13.4 Å². The second kappa shape index (κ2) is 11.9. The van der Waals surface area contributed by atoms with Crippen LogP contribution in [0.2, 0.25) is 0 Å². The molecule has 0 aliphatic carbocycles. The molecular weight excluding hydrogens is 546 g/mol. The molecule has 2 N–H and O–H groups in total. The summed E-state index contributed by atoms with van der Waals surface area (Å²) < 4.78 is 24.8. The largest absolute Gasteiger partial charge is 0.343 e. The number of nitrogens with zero attached hydrogens (tertiary/aromatic N) is 3. The van der Waals surface area contributed by atoms with Gasteiger partial charge in [0, 0.05) is 16.5 Å². The molecule has 11 heteroatoms. The molecule has 9 nitrogen and oxygen atoms in total. The number of anilines is 1. The number of rotatable bonds is 8. The maximum Gasteiger partial charge on any atom is 0.251 e. The van der Waals surface area contributed by atoms with Gasteiger partial charge in [-0.3, -0.25) is 9.59 Å². The predicted molar refractivity (Wildman–Crippen MR) is 152 cm³/mol. The van der Waals surface area contributed by atoms with E-state index in [0.717, 1.165) is 16.7 Å². The molecular formula is C29H23N5O4S2. The third-order valence-electron chi connectivity index (χ3n) is 5.89. The van der Waals surface area contributed by atoms with Crippen LogP contribution in [0.3, 0.4) is 0 Å². The van der Waals surface area contributed by atoms with Crippen LogP contribution in [0.15, 0.2) is 77.0 Å². The Morgan fingerprint density at radius 3 is 2.27 bits per heavy atom. The summed E-state index contributed by atoms with van der Waals surface area (Å²) in [6.45, 7) is 2.79. The third-order valence-corrected chi connectivity index (χ3v) is 8.80. The van der Waals surface area contributed by atoms with E-state index in [0.29, 0.717) is 22.0 Å². The summed E-state index contributed by atoms with van der Waals surface area (Å²) in [7, 11) is -3.54. The van der Waals surface area contributed by atoms with Crippen LogP contribution in [0.4, 0.5) is 5.13 Å². The first-order valence-corrected chi connectivity index (χ1v) is 14.5. The van der Waals surface area contributed by atoms with Crippen LogP contribution in [-0.2, 0) is 14.6 Å². The molecule has 4 rings (SSSR count). The van der Waals surface area contributed by atoms with Gasteiger partial charge in [0.25, 0.3) is 5.91 Å². The average Bonchev–Trinajstić information content (AvgIpc) is 3.44. The van der Waals surface area contributed by atoms with Crippen molar-refractivity contribution in [1.82, 2.24) is 10.3 Å². The number of thiazole rings is 1. The van der Waals surface area contributed by atoms with Gasteiger partial charge in [0.2, 0.25) is 5.91 Å². The number of sulfone groups is 1. The molecule has 2 amide bonds. The Balaban J connectivity index is 1.41. The smallest absolute Gasteiger partial charge is 0.251 e. The van der Waals surface area contributed by atoms with E-state index in [1.165, 1.54) is 41.7 Å². The first-order valence-electron chi connectivity index (χ1n) is 12.0. The lowest BCUT2D eigenvalue weighted by Crippen LogP contribution is -2.33. The fraction of sp³-hybridized carbons (Fsp3) is 0.138. The average molecular weight is 570 g/mol. The molecule has 0 fully saturated rings.